The third-order valence-corrected chi connectivity index (χ3v) is 4.54. The van der Waals surface area contributed by atoms with Gasteiger partial charge >= 0.3 is 12.0 Å². The number of halogens is 3. The molecule has 0 aliphatic carbocycles. The Labute approximate surface area is 174 Å². The number of nitrogens with one attached hydrogen (secondary N) is 1. The molecule has 0 unspecified atom stereocenters. The van der Waals surface area contributed by atoms with E-state index in [0.717, 1.165) is 6.07 Å². The van der Waals surface area contributed by atoms with Gasteiger partial charge in [-0.2, -0.15) is 0 Å². The molecule has 1 aromatic heterocycles. The van der Waals surface area contributed by atoms with Crippen LogP contribution in [-0.4, -0.2) is 19.4 Å². The first kappa shape index (κ1) is 22.2. The molecule has 10 heteroatoms. The summed E-state index contributed by atoms with van der Waals surface area (Å²) in [5.41, 5.74) is 5.16. The molecule has 0 fully saturated rings. The second kappa shape index (κ2) is 8.68. The van der Waals surface area contributed by atoms with Crippen LogP contribution >= 0.6 is 0 Å². The van der Waals surface area contributed by atoms with Crippen LogP contribution in [0.25, 0.3) is 11.0 Å². The molecule has 3 rings (SSSR count). The molecular weight excluding hydrogens is 417 g/mol. The van der Waals surface area contributed by atoms with Crippen LogP contribution in [0, 0.1) is 0 Å². The summed E-state index contributed by atoms with van der Waals surface area (Å²) in [6.45, 7) is 1.82. The third kappa shape index (κ3) is 4.80. The SMILES string of the molecule is CCc1c(OC)ccc2cc(C(=O)Nc3ccc(CN)cc3OC(F)(F)F)c(=O)oc12. The highest BCUT2D eigenvalue weighted by molar-refractivity contribution is 6.06. The van der Waals surface area contributed by atoms with Crippen molar-refractivity contribution in [2.75, 3.05) is 12.4 Å². The molecule has 0 aliphatic rings. The fourth-order valence-electron chi connectivity index (χ4n) is 3.10. The summed E-state index contributed by atoms with van der Waals surface area (Å²) in [6.07, 6.45) is -4.47. The maximum atomic E-state index is 12.7. The highest BCUT2D eigenvalue weighted by Gasteiger charge is 2.32. The predicted molar refractivity (Wildman–Crippen MR) is 107 cm³/mol. The van der Waals surface area contributed by atoms with Gasteiger partial charge in [-0.15, -0.1) is 13.2 Å². The smallest absolute Gasteiger partial charge is 0.496 e. The van der Waals surface area contributed by atoms with E-state index < -0.39 is 23.6 Å². The van der Waals surface area contributed by atoms with E-state index in [2.05, 4.69) is 10.1 Å². The summed E-state index contributed by atoms with van der Waals surface area (Å²) in [7, 11) is 1.48. The first-order valence-corrected chi connectivity index (χ1v) is 9.20. The molecule has 1 amide bonds. The second-order valence-corrected chi connectivity index (χ2v) is 6.50. The average Bonchev–Trinajstić information content (AvgIpc) is 2.72. The molecule has 164 valence electrons. The lowest BCUT2D eigenvalue weighted by molar-refractivity contribution is -0.274. The van der Waals surface area contributed by atoms with Crippen molar-refractivity contribution in [3.8, 4) is 11.5 Å². The first-order chi connectivity index (χ1) is 14.7. The maximum Gasteiger partial charge on any atom is 0.573 e. The van der Waals surface area contributed by atoms with E-state index in [1.54, 1.807) is 12.1 Å². The van der Waals surface area contributed by atoms with Crippen LogP contribution in [0.5, 0.6) is 11.5 Å². The Kier molecular flexibility index (Phi) is 6.21. The maximum absolute atomic E-state index is 12.7. The number of hydrogen-bond donors (Lipinski definition) is 2. The molecule has 1 heterocycles. The van der Waals surface area contributed by atoms with Gasteiger partial charge in [0.15, 0.2) is 5.75 Å². The van der Waals surface area contributed by atoms with Crippen LogP contribution in [0.3, 0.4) is 0 Å². The Morgan fingerprint density at radius 2 is 1.90 bits per heavy atom. The molecule has 0 bridgehead atoms. The zero-order chi connectivity index (χ0) is 22.8. The largest absolute Gasteiger partial charge is 0.573 e. The number of amides is 1. The first-order valence-electron chi connectivity index (χ1n) is 9.20. The van der Waals surface area contributed by atoms with E-state index in [1.165, 1.54) is 25.3 Å². The lowest BCUT2D eigenvalue weighted by atomic mass is 10.1. The number of alkyl halides is 3. The van der Waals surface area contributed by atoms with E-state index in [0.29, 0.717) is 28.7 Å². The Morgan fingerprint density at radius 1 is 1.16 bits per heavy atom. The van der Waals surface area contributed by atoms with Crippen molar-refractivity contribution in [3.05, 3.63) is 63.5 Å². The lowest BCUT2D eigenvalue weighted by Gasteiger charge is -2.15. The molecule has 0 saturated heterocycles. The molecule has 3 N–H and O–H groups in total. The number of benzene rings is 2. The van der Waals surface area contributed by atoms with Gasteiger partial charge in [0.2, 0.25) is 0 Å². The number of carbonyl (C=O) groups is 1. The second-order valence-electron chi connectivity index (χ2n) is 6.50. The summed E-state index contributed by atoms with van der Waals surface area (Å²) in [4.78, 5) is 25.1. The van der Waals surface area contributed by atoms with Crippen molar-refractivity contribution in [1.29, 1.82) is 0 Å². The zero-order valence-electron chi connectivity index (χ0n) is 16.6. The van der Waals surface area contributed by atoms with Crippen LogP contribution in [0.1, 0.15) is 28.4 Å². The number of methoxy groups -OCH3 is 1. The van der Waals surface area contributed by atoms with Crippen molar-refractivity contribution in [1.82, 2.24) is 0 Å². The molecule has 0 saturated carbocycles. The topological polar surface area (TPSA) is 104 Å². The molecule has 0 atom stereocenters. The highest BCUT2D eigenvalue weighted by Crippen LogP contribution is 2.32. The number of carbonyl (C=O) groups excluding carboxylic acids is 1. The van der Waals surface area contributed by atoms with Crippen LogP contribution in [0.2, 0.25) is 0 Å². The van der Waals surface area contributed by atoms with Gasteiger partial charge in [-0.25, -0.2) is 4.79 Å². The molecule has 31 heavy (non-hydrogen) atoms. The average molecular weight is 436 g/mol. The molecule has 0 aliphatic heterocycles. The summed E-state index contributed by atoms with van der Waals surface area (Å²) in [5, 5.41) is 2.73. The van der Waals surface area contributed by atoms with Crippen molar-refractivity contribution >= 4 is 22.6 Å². The van der Waals surface area contributed by atoms with Crippen LogP contribution in [0.15, 0.2) is 45.6 Å². The molecule has 0 spiro atoms. The Hall–Kier alpha value is -3.53. The number of aryl methyl sites for hydroxylation is 1. The summed E-state index contributed by atoms with van der Waals surface area (Å²) in [5.74, 6) is -1.06. The molecule has 0 radical (unpaired) electrons. The van der Waals surface area contributed by atoms with Crippen molar-refractivity contribution in [2.24, 2.45) is 5.73 Å². The van der Waals surface area contributed by atoms with Gasteiger partial charge in [0.05, 0.1) is 12.8 Å². The van der Waals surface area contributed by atoms with Gasteiger partial charge in [0, 0.05) is 17.5 Å². The number of rotatable bonds is 6. The molecule has 2 aromatic carbocycles. The fraction of sp³-hybridized carbons (Fsp3) is 0.238. The Bertz CT molecular complexity index is 1190. The van der Waals surface area contributed by atoms with Crippen molar-refractivity contribution in [2.45, 2.75) is 26.3 Å². The summed E-state index contributed by atoms with van der Waals surface area (Å²) < 4.78 is 52.8. The summed E-state index contributed by atoms with van der Waals surface area (Å²) >= 11 is 0. The van der Waals surface area contributed by atoms with Crippen molar-refractivity contribution < 1.29 is 31.9 Å². The number of anilines is 1. The van der Waals surface area contributed by atoms with Crippen molar-refractivity contribution in [3.63, 3.8) is 0 Å². The van der Waals surface area contributed by atoms with E-state index in [4.69, 9.17) is 14.9 Å². The molecule has 7 nitrogen and oxygen atoms in total. The summed E-state index contributed by atoms with van der Waals surface area (Å²) in [6, 6.07) is 8.30. The van der Waals surface area contributed by atoms with Gasteiger partial charge in [0.25, 0.3) is 5.91 Å². The standard InChI is InChI=1S/C21H19F3N2O5/c1-3-13-16(29-2)7-5-12-9-14(20(28)30-18(12)13)19(27)26-15-6-4-11(10-25)8-17(15)31-21(22,23)24/h4-9H,3,10,25H2,1-2H3,(H,26,27). The molecule has 3 aromatic rings. The van der Waals surface area contributed by atoms with Gasteiger partial charge in [0.1, 0.15) is 16.9 Å². The Balaban J connectivity index is 2.01. The fourth-order valence-corrected chi connectivity index (χ4v) is 3.10. The van der Waals surface area contributed by atoms with Crippen LogP contribution in [-0.2, 0) is 13.0 Å². The van der Waals surface area contributed by atoms with E-state index in [1.807, 2.05) is 6.92 Å². The minimum atomic E-state index is -4.98. The van der Waals surface area contributed by atoms with Crippen LogP contribution < -0.4 is 26.1 Å². The van der Waals surface area contributed by atoms with Gasteiger partial charge in [-0.1, -0.05) is 13.0 Å². The van der Waals surface area contributed by atoms with Gasteiger partial charge < -0.3 is 24.9 Å². The highest BCUT2D eigenvalue weighted by atomic mass is 19.4. The minimum absolute atomic E-state index is 0.0278. The quantitative estimate of drug-likeness (QED) is 0.567. The molecular formula is C21H19F3N2O5. The van der Waals surface area contributed by atoms with E-state index >= 15 is 0 Å². The Morgan fingerprint density at radius 3 is 2.52 bits per heavy atom. The zero-order valence-corrected chi connectivity index (χ0v) is 16.6. The van der Waals surface area contributed by atoms with E-state index in [-0.39, 0.29) is 23.4 Å². The van der Waals surface area contributed by atoms with E-state index in [9.17, 15) is 22.8 Å². The number of hydrogen-bond acceptors (Lipinski definition) is 6. The van der Waals surface area contributed by atoms with Gasteiger partial charge in [-0.05, 0) is 42.3 Å². The van der Waals surface area contributed by atoms with Gasteiger partial charge in [-0.3, -0.25) is 4.79 Å². The lowest BCUT2D eigenvalue weighted by Crippen LogP contribution is -2.23. The third-order valence-electron chi connectivity index (χ3n) is 4.54. The van der Waals surface area contributed by atoms with Crippen LogP contribution in [0.4, 0.5) is 18.9 Å². The normalized spacial score (nSPS) is 11.4. The number of nitrogens with two attached hydrogens (primary N) is 1. The monoisotopic (exact) mass is 436 g/mol. The predicted octanol–water partition coefficient (Wildman–Crippen LogP) is 3.97. The minimum Gasteiger partial charge on any atom is -0.496 e. The number of ether oxygens (including phenoxy) is 2. The number of fused-ring (bicyclic) bond motifs is 1.